The highest BCUT2D eigenvalue weighted by Gasteiger charge is 2.45. The molecule has 2 aliphatic rings. The Bertz CT molecular complexity index is 899. The van der Waals surface area contributed by atoms with Crippen LogP contribution in [-0.2, 0) is 12.0 Å². The van der Waals surface area contributed by atoms with Gasteiger partial charge in [-0.3, -0.25) is 9.89 Å². The number of halogens is 2. The number of guanidine groups is 1. The van der Waals surface area contributed by atoms with Crippen LogP contribution in [0.2, 0.25) is 0 Å². The van der Waals surface area contributed by atoms with Crippen molar-refractivity contribution in [1.82, 2.24) is 20.5 Å². The molecule has 0 spiro atoms. The van der Waals surface area contributed by atoms with Crippen LogP contribution in [0.15, 0.2) is 33.7 Å². The van der Waals surface area contributed by atoms with Gasteiger partial charge >= 0.3 is 0 Å². The molecule has 0 bridgehead atoms. The van der Waals surface area contributed by atoms with Gasteiger partial charge in [0.1, 0.15) is 11.6 Å². The summed E-state index contributed by atoms with van der Waals surface area (Å²) in [7, 11) is 1.79. The third-order valence-corrected chi connectivity index (χ3v) is 6.81. The quantitative estimate of drug-likeness (QED) is 0.305. The van der Waals surface area contributed by atoms with E-state index in [9.17, 15) is 4.39 Å². The lowest BCUT2D eigenvalue weighted by Gasteiger charge is -2.31. The first kappa shape index (κ1) is 25.0. The molecule has 2 aromatic rings. The van der Waals surface area contributed by atoms with Crippen LogP contribution in [-0.4, -0.2) is 49.1 Å². The van der Waals surface area contributed by atoms with Gasteiger partial charge in [-0.25, -0.2) is 9.37 Å². The Morgan fingerprint density at radius 3 is 2.53 bits per heavy atom. The Labute approximate surface area is 207 Å². The molecule has 2 N–H and O–H groups in total. The number of likely N-dealkylation sites (tertiary alicyclic amines) is 1. The van der Waals surface area contributed by atoms with Crippen molar-refractivity contribution >= 4 is 29.9 Å². The Morgan fingerprint density at radius 1 is 1.22 bits per heavy atom. The Morgan fingerprint density at radius 2 is 1.94 bits per heavy atom. The van der Waals surface area contributed by atoms with Gasteiger partial charge in [-0.2, -0.15) is 0 Å². The molecule has 1 aliphatic carbocycles. The summed E-state index contributed by atoms with van der Waals surface area (Å²) in [5.74, 6) is 3.04. The molecule has 0 atom stereocenters. The molecule has 0 amide bonds. The third-order valence-electron chi connectivity index (χ3n) is 6.81. The van der Waals surface area contributed by atoms with Gasteiger partial charge in [-0.1, -0.05) is 18.2 Å². The number of benzene rings is 1. The first-order valence-corrected chi connectivity index (χ1v) is 11.3. The summed E-state index contributed by atoms with van der Waals surface area (Å²) in [6, 6.07) is 7.14. The predicted octanol–water partition coefficient (Wildman–Crippen LogP) is 4.16. The van der Waals surface area contributed by atoms with Crippen LogP contribution in [0, 0.1) is 25.6 Å². The number of hydrogen-bond acceptors (Lipinski definition) is 4. The minimum absolute atomic E-state index is 0. The van der Waals surface area contributed by atoms with Crippen molar-refractivity contribution in [3.05, 3.63) is 53.0 Å². The maximum absolute atomic E-state index is 14.2. The van der Waals surface area contributed by atoms with E-state index in [0.29, 0.717) is 12.5 Å². The van der Waals surface area contributed by atoms with Crippen molar-refractivity contribution < 1.29 is 8.81 Å². The molecule has 1 aromatic heterocycles. The number of nitrogens with zero attached hydrogens (tertiary/aromatic N) is 3. The molecule has 1 aliphatic heterocycles. The molecule has 0 unspecified atom stereocenters. The van der Waals surface area contributed by atoms with Crippen molar-refractivity contribution in [2.45, 2.75) is 51.5 Å². The minimum Gasteiger partial charge on any atom is -0.444 e. The molecule has 2 fully saturated rings. The molecule has 4 rings (SSSR count). The smallest absolute Gasteiger partial charge is 0.208 e. The Kier molecular flexibility index (Phi) is 8.55. The molecule has 1 saturated heterocycles. The molecule has 0 radical (unpaired) electrons. The van der Waals surface area contributed by atoms with Gasteiger partial charge in [0.25, 0.3) is 0 Å². The molecule has 6 nitrogen and oxygen atoms in total. The molecule has 8 heteroatoms. The number of nitrogens with one attached hydrogen (secondary N) is 2. The zero-order valence-electron chi connectivity index (χ0n) is 19.3. The second kappa shape index (κ2) is 11.0. The van der Waals surface area contributed by atoms with E-state index in [-0.39, 0.29) is 35.2 Å². The molecule has 1 saturated carbocycles. The van der Waals surface area contributed by atoms with Crippen molar-refractivity contribution in [1.29, 1.82) is 0 Å². The average molecular weight is 555 g/mol. The van der Waals surface area contributed by atoms with Crippen molar-refractivity contribution in [3.63, 3.8) is 0 Å². The van der Waals surface area contributed by atoms with Crippen LogP contribution in [0.4, 0.5) is 4.39 Å². The van der Waals surface area contributed by atoms with Crippen LogP contribution >= 0.6 is 24.0 Å². The molecular weight excluding hydrogens is 520 g/mol. The number of rotatable bonds is 7. The minimum atomic E-state index is -0.105. The highest BCUT2D eigenvalue weighted by atomic mass is 127. The van der Waals surface area contributed by atoms with Crippen LogP contribution in [0.3, 0.4) is 0 Å². The summed E-state index contributed by atoms with van der Waals surface area (Å²) >= 11 is 0. The lowest BCUT2D eigenvalue weighted by Crippen LogP contribution is -2.44. The van der Waals surface area contributed by atoms with E-state index in [4.69, 9.17) is 4.42 Å². The predicted molar refractivity (Wildman–Crippen MR) is 136 cm³/mol. The van der Waals surface area contributed by atoms with Crippen LogP contribution in [0.25, 0.3) is 0 Å². The van der Waals surface area contributed by atoms with Crippen molar-refractivity contribution in [2.75, 3.05) is 33.2 Å². The van der Waals surface area contributed by atoms with Crippen molar-refractivity contribution in [2.24, 2.45) is 10.9 Å². The lowest BCUT2D eigenvalue weighted by molar-refractivity contribution is 0.164. The monoisotopic (exact) mass is 555 g/mol. The summed E-state index contributed by atoms with van der Waals surface area (Å²) in [6.07, 6.45) is 4.31. The number of hydrogen-bond donors (Lipinski definition) is 2. The fourth-order valence-electron chi connectivity index (χ4n) is 4.44. The summed E-state index contributed by atoms with van der Waals surface area (Å²) < 4.78 is 19.9. The number of aromatic nitrogens is 1. The zero-order chi connectivity index (χ0) is 21.8. The molecular formula is C24H35FIN5O. The second-order valence-electron chi connectivity index (χ2n) is 9.04. The molecule has 2 heterocycles. The largest absolute Gasteiger partial charge is 0.444 e. The van der Waals surface area contributed by atoms with E-state index in [1.54, 1.807) is 19.2 Å². The maximum atomic E-state index is 14.2. The molecule has 1 aromatic carbocycles. The topological polar surface area (TPSA) is 65.7 Å². The van der Waals surface area contributed by atoms with Gasteiger partial charge in [-0.05, 0) is 70.2 Å². The number of aliphatic imine (C=N–C) groups is 1. The number of oxazole rings is 1. The first-order chi connectivity index (χ1) is 15.0. The van der Waals surface area contributed by atoms with E-state index in [2.05, 4.69) is 25.5 Å². The lowest BCUT2D eigenvalue weighted by atomic mass is 9.95. The van der Waals surface area contributed by atoms with Gasteiger partial charge in [0.2, 0.25) is 5.89 Å². The fraction of sp³-hybridized carbons (Fsp3) is 0.583. The second-order valence-corrected chi connectivity index (χ2v) is 9.04. The average Bonchev–Trinajstić information content (AvgIpc) is 3.49. The zero-order valence-corrected chi connectivity index (χ0v) is 21.6. The molecule has 176 valence electrons. The van der Waals surface area contributed by atoms with Gasteiger partial charge < -0.3 is 15.1 Å². The van der Waals surface area contributed by atoms with E-state index < -0.39 is 0 Å². The number of piperidine rings is 1. The van der Waals surface area contributed by atoms with E-state index in [0.717, 1.165) is 80.7 Å². The van der Waals surface area contributed by atoms with Crippen LogP contribution < -0.4 is 10.6 Å². The van der Waals surface area contributed by atoms with Gasteiger partial charge in [0, 0.05) is 25.6 Å². The Hall–Kier alpha value is -1.68. The summed E-state index contributed by atoms with van der Waals surface area (Å²) in [5.41, 5.74) is 1.71. The number of aryl methyl sites for hydroxylation is 2. The van der Waals surface area contributed by atoms with E-state index in [1.165, 1.54) is 0 Å². The summed E-state index contributed by atoms with van der Waals surface area (Å²) in [5, 5.41) is 6.90. The highest BCUT2D eigenvalue weighted by molar-refractivity contribution is 14.0. The van der Waals surface area contributed by atoms with Gasteiger partial charge in [0.15, 0.2) is 5.96 Å². The molecule has 32 heavy (non-hydrogen) atoms. The van der Waals surface area contributed by atoms with Gasteiger partial charge in [0.05, 0.1) is 12.2 Å². The van der Waals surface area contributed by atoms with E-state index >= 15 is 0 Å². The maximum Gasteiger partial charge on any atom is 0.208 e. The van der Waals surface area contributed by atoms with Crippen LogP contribution in [0.1, 0.15) is 48.6 Å². The van der Waals surface area contributed by atoms with Crippen molar-refractivity contribution in [3.8, 4) is 0 Å². The fourth-order valence-corrected chi connectivity index (χ4v) is 4.44. The SMILES string of the molecule is CN=C(NCC1CCN(Cc2nc(C)c(C)o2)CC1)NCC1(c2ccccc2F)CC1.I. The highest BCUT2D eigenvalue weighted by Crippen LogP contribution is 2.48. The summed E-state index contributed by atoms with van der Waals surface area (Å²) in [4.78, 5) is 11.3. The first-order valence-electron chi connectivity index (χ1n) is 11.3. The van der Waals surface area contributed by atoms with E-state index in [1.807, 2.05) is 26.0 Å². The standard InChI is InChI=1S/C24H34FN5O.HI/c1-17-18(2)31-22(29-17)15-30-12-8-19(9-13-30)14-27-23(26-3)28-16-24(10-11-24)20-6-4-5-7-21(20)25;/h4-7,19H,8-16H2,1-3H3,(H2,26,27,28);1H. The normalized spacial score (nSPS) is 18.8. The van der Waals surface area contributed by atoms with Crippen LogP contribution in [0.5, 0.6) is 0 Å². The third kappa shape index (κ3) is 6.01. The van der Waals surface area contributed by atoms with Gasteiger partial charge in [-0.15, -0.1) is 24.0 Å². The Balaban J connectivity index is 0.00000289. The summed E-state index contributed by atoms with van der Waals surface area (Å²) in [6.45, 7) is 8.45.